The van der Waals surface area contributed by atoms with Crippen molar-refractivity contribution in [3.8, 4) is 34.4 Å². The van der Waals surface area contributed by atoms with Gasteiger partial charge in [0.25, 0.3) is 0 Å². The van der Waals surface area contributed by atoms with Gasteiger partial charge in [-0.05, 0) is 73.0 Å². The minimum atomic E-state index is -0.377. The number of rotatable bonds is 7. The van der Waals surface area contributed by atoms with E-state index in [1.165, 1.54) is 17.8 Å². The van der Waals surface area contributed by atoms with Crippen molar-refractivity contribution in [1.29, 1.82) is 5.26 Å². The number of hydrogen-bond acceptors (Lipinski definition) is 9. The molecule has 0 unspecified atom stereocenters. The average Bonchev–Trinajstić information content (AvgIpc) is 3.45. The van der Waals surface area contributed by atoms with Crippen molar-refractivity contribution < 1.29 is 4.39 Å². The van der Waals surface area contributed by atoms with Crippen LogP contribution in [0.15, 0.2) is 91.4 Å². The third kappa shape index (κ3) is 5.91. The Bertz CT molecular complexity index is 2010. The quantitative estimate of drug-likeness (QED) is 0.241. The molecule has 45 heavy (non-hydrogen) atoms. The number of halogens is 1. The van der Waals surface area contributed by atoms with Gasteiger partial charge in [-0.1, -0.05) is 18.2 Å². The molecule has 1 aliphatic rings. The fraction of sp³-hybridized carbons (Fsp3) is 0.176. The van der Waals surface area contributed by atoms with Crippen molar-refractivity contribution in [3.63, 3.8) is 0 Å². The summed E-state index contributed by atoms with van der Waals surface area (Å²) in [4.78, 5) is 24.2. The van der Waals surface area contributed by atoms with Crippen LogP contribution < -0.4 is 11.1 Å². The number of benzene rings is 2. The highest BCUT2D eigenvalue weighted by atomic mass is 19.1. The first-order chi connectivity index (χ1) is 22.0. The van der Waals surface area contributed by atoms with E-state index in [1.54, 1.807) is 24.5 Å². The smallest absolute Gasteiger partial charge is 0.234 e. The van der Waals surface area contributed by atoms with E-state index in [2.05, 4.69) is 59.0 Å². The van der Waals surface area contributed by atoms with Gasteiger partial charge < -0.3 is 11.1 Å². The molecule has 6 aromatic rings. The molecule has 2 aromatic carbocycles. The highest BCUT2D eigenvalue weighted by Crippen LogP contribution is 2.33. The summed E-state index contributed by atoms with van der Waals surface area (Å²) in [7, 11) is 0. The van der Waals surface area contributed by atoms with Gasteiger partial charge in [0.2, 0.25) is 5.82 Å². The van der Waals surface area contributed by atoms with Crippen LogP contribution in [0.3, 0.4) is 0 Å². The molecule has 0 aliphatic carbocycles. The number of fused-ring (bicyclic) bond motifs is 1. The second-order valence-corrected chi connectivity index (χ2v) is 11.0. The topological polar surface area (TPSA) is 134 Å². The predicted molar refractivity (Wildman–Crippen MR) is 171 cm³/mol. The Labute approximate surface area is 259 Å². The van der Waals surface area contributed by atoms with E-state index in [4.69, 9.17) is 16.0 Å². The van der Waals surface area contributed by atoms with Gasteiger partial charge in [-0.15, -0.1) is 0 Å². The third-order valence-corrected chi connectivity index (χ3v) is 8.05. The van der Waals surface area contributed by atoms with E-state index in [0.29, 0.717) is 29.2 Å². The van der Waals surface area contributed by atoms with Crippen molar-refractivity contribution in [1.82, 2.24) is 34.4 Å². The summed E-state index contributed by atoms with van der Waals surface area (Å²) >= 11 is 0. The van der Waals surface area contributed by atoms with Gasteiger partial charge >= 0.3 is 0 Å². The zero-order valence-electron chi connectivity index (χ0n) is 24.3. The van der Waals surface area contributed by atoms with E-state index < -0.39 is 0 Å². The van der Waals surface area contributed by atoms with Crippen molar-refractivity contribution in [2.75, 3.05) is 24.1 Å². The van der Waals surface area contributed by atoms with Crippen LogP contribution in [0.25, 0.3) is 39.4 Å². The molecule has 0 spiro atoms. The first kappa shape index (κ1) is 28.1. The number of pyridine rings is 2. The van der Waals surface area contributed by atoms with Crippen LogP contribution in [0.4, 0.5) is 16.0 Å². The van der Waals surface area contributed by atoms with Crippen molar-refractivity contribution in [2.45, 2.75) is 25.4 Å². The van der Waals surface area contributed by atoms with Crippen molar-refractivity contribution in [3.05, 3.63) is 109 Å². The zero-order chi connectivity index (χ0) is 30.8. The number of imidazole rings is 1. The van der Waals surface area contributed by atoms with Gasteiger partial charge in [-0.2, -0.15) is 5.26 Å². The van der Waals surface area contributed by atoms with Gasteiger partial charge in [0.05, 0.1) is 28.5 Å². The van der Waals surface area contributed by atoms with E-state index in [0.717, 1.165) is 60.3 Å². The van der Waals surface area contributed by atoms with Crippen molar-refractivity contribution >= 4 is 22.7 Å². The number of likely N-dealkylation sites (tertiary alicyclic amines) is 1. The second-order valence-electron chi connectivity index (χ2n) is 11.0. The fourth-order valence-corrected chi connectivity index (χ4v) is 5.78. The van der Waals surface area contributed by atoms with E-state index in [1.807, 2.05) is 36.4 Å². The van der Waals surface area contributed by atoms with Gasteiger partial charge in [-0.25, -0.2) is 24.3 Å². The Balaban J connectivity index is 1.13. The minimum Gasteiger partial charge on any atom is -0.383 e. The average molecular weight is 597 g/mol. The number of anilines is 2. The molecule has 11 heteroatoms. The predicted octanol–water partition coefficient (Wildman–Crippen LogP) is 5.61. The van der Waals surface area contributed by atoms with Crippen LogP contribution in [0.1, 0.15) is 24.2 Å². The number of nitrogens with zero attached hydrogens (tertiary/aromatic N) is 8. The maximum absolute atomic E-state index is 13.6. The summed E-state index contributed by atoms with van der Waals surface area (Å²) in [6, 6.07) is 25.3. The number of aromatic nitrogens is 6. The minimum absolute atomic E-state index is 0.172. The standard InChI is InChI=1S/C34H29FN10/c35-24-6-10-28(40-20-24)23-5-9-29-30(18-23)45(34(42-29)27-2-1-14-39-33(27)37)26-7-3-22(4-8-26)21-44-16-12-25(13-17-44)41-31-11-15-38-32(19-36)43-31/h1-11,14-15,18,20,25H,12-13,16-17,21H2,(H2,37,39)(H,38,41,43). The molecule has 0 atom stereocenters. The molecule has 0 saturated carbocycles. The van der Waals surface area contributed by atoms with Crippen molar-refractivity contribution in [2.24, 2.45) is 0 Å². The molecule has 1 aliphatic heterocycles. The van der Waals surface area contributed by atoms with Crippen LogP contribution in [0.5, 0.6) is 0 Å². The molecule has 0 bridgehead atoms. The number of nitrogen functional groups attached to an aromatic ring is 1. The zero-order valence-corrected chi connectivity index (χ0v) is 24.3. The normalized spacial score (nSPS) is 14.0. The molecule has 1 fully saturated rings. The van der Waals surface area contributed by atoms with E-state index in [9.17, 15) is 4.39 Å². The molecular weight excluding hydrogens is 567 g/mol. The molecule has 0 radical (unpaired) electrons. The number of nitrogens with one attached hydrogen (secondary N) is 1. The Kier molecular flexibility index (Phi) is 7.55. The fourth-order valence-electron chi connectivity index (χ4n) is 5.78. The Hall–Kier alpha value is -5.73. The van der Waals surface area contributed by atoms with Crippen LogP contribution in [-0.4, -0.2) is 53.5 Å². The molecule has 0 amide bonds. The number of hydrogen-bond donors (Lipinski definition) is 2. The lowest BCUT2D eigenvalue weighted by atomic mass is 10.0. The summed E-state index contributed by atoms with van der Waals surface area (Å²) in [6.07, 6.45) is 6.45. The largest absolute Gasteiger partial charge is 0.383 e. The highest BCUT2D eigenvalue weighted by molar-refractivity contribution is 5.88. The summed E-state index contributed by atoms with van der Waals surface area (Å²) in [6.45, 7) is 2.74. The molecule has 3 N–H and O–H groups in total. The molecule has 4 aromatic heterocycles. The van der Waals surface area contributed by atoms with Gasteiger partial charge in [0.1, 0.15) is 29.3 Å². The summed E-state index contributed by atoms with van der Waals surface area (Å²) < 4.78 is 15.6. The molecule has 10 nitrogen and oxygen atoms in total. The Morgan fingerprint density at radius 1 is 0.933 bits per heavy atom. The lowest BCUT2D eigenvalue weighted by Crippen LogP contribution is -2.38. The molecule has 222 valence electrons. The van der Waals surface area contributed by atoms with Gasteiger partial charge in [0.15, 0.2) is 0 Å². The summed E-state index contributed by atoms with van der Waals surface area (Å²) in [5, 5.41) is 12.5. The van der Waals surface area contributed by atoms with Gasteiger partial charge in [-0.3, -0.25) is 14.5 Å². The Morgan fingerprint density at radius 3 is 2.53 bits per heavy atom. The Morgan fingerprint density at radius 2 is 1.78 bits per heavy atom. The molecule has 7 rings (SSSR count). The number of piperidine rings is 1. The number of nitriles is 1. The SMILES string of the molecule is N#Cc1nccc(NC2CCN(Cc3ccc(-n4c(-c5cccnc5N)nc5ccc(-c6ccc(F)cn6)cc54)cc3)CC2)n1. The molecule has 1 saturated heterocycles. The van der Waals surface area contributed by atoms with Gasteiger partial charge in [0, 0.05) is 49.3 Å². The molecular formula is C34H29FN10. The van der Waals surface area contributed by atoms with Crippen LogP contribution >= 0.6 is 0 Å². The second kappa shape index (κ2) is 12.1. The van der Waals surface area contributed by atoms with Crippen LogP contribution in [0.2, 0.25) is 0 Å². The van der Waals surface area contributed by atoms with Crippen LogP contribution in [-0.2, 0) is 6.54 Å². The van der Waals surface area contributed by atoms with Crippen LogP contribution in [0, 0.1) is 17.1 Å². The summed E-state index contributed by atoms with van der Waals surface area (Å²) in [5.74, 6) is 1.57. The maximum atomic E-state index is 13.6. The number of nitrogens with two attached hydrogens (primary N) is 1. The molecule has 5 heterocycles. The first-order valence-electron chi connectivity index (χ1n) is 14.7. The lowest BCUT2D eigenvalue weighted by molar-refractivity contribution is 0.211. The highest BCUT2D eigenvalue weighted by Gasteiger charge is 2.21. The third-order valence-electron chi connectivity index (χ3n) is 8.05. The maximum Gasteiger partial charge on any atom is 0.234 e. The first-order valence-corrected chi connectivity index (χ1v) is 14.7. The van der Waals surface area contributed by atoms with E-state index >= 15 is 0 Å². The monoisotopic (exact) mass is 596 g/mol. The summed E-state index contributed by atoms with van der Waals surface area (Å²) in [5.41, 5.74) is 12.4. The lowest BCUT2D eigenvalue weighted by Gasteiger charge is -2.32. The van der Waals surface area contributed by atoms with E-state index in [-0.39, 0.29) is 11.6 Å².